The largest absolute Gasteiger partial charge is 0.493 e. The number of anilines is 2. The van der Waals surface area contributed by atoms with Gasteiger partial charge in [-0.25, -0.2) is 0 Å². The summed E-state index contributed by atoms with van der Waals surface area (Å²) in [6.45, 7) is 1.47. The molecule has 0 heterocycles. The number of carbonyl (C=O) groups is 1. The Morgan fingerprint density at radius 3 is 2.27 bits per heavy atom. The molecule has 8 heteroatoms. The first-order chi connectivity index (χ1) is 12.5. The van der Waals surface area contributed by atoms with Gasteiger partial charge in [0.05, 0.1) is 19.9 Å². The summed E-state index contributed by atoms with van der Waals surface area (Å²) in [7, 11) is 3.11. The van der Waals surface area contributed by atoms with Crippen LogP contribution >= 0.6 is 11.9 Å². The highest BCUT2D eigenvalue weighted by Crippen LogP contribution is 2.35. The summed E-state index contributed by atoms with van der Waals surface area (Å²) in [6.07, 6.45) is 1.44. The predicted octanol–water partition coefficient (Wildman–Crippen LogP) is 2.80. The van der Waals surface area contributed by atoms with Crippen molar-refractivity contribution in [1.82, 2.24) is 4.72 Å². The molecule has 0 aliphatic heterocycles. The van der Waals surface area contributed by atoms with E-state index >= 15 is 0 Å². The summed E-state index contributed by atoms with van der Waals surface area (Å²) in [5.41, 5.74) is 14.6. The monoisotopic (exact) mass is 374 g/mol. The van der Waals surface area contributed by atoms with Crippen LogP contribution in [-0.4, -0.2) is 20.1 Å². The molecule has 26 heavy (non-hydrogen) atoms. The topological polar surface area (TPSA) is 112 Å². The predicted molar refractivity (Wildman–Crippen MR) is 106 cm³/mol. The van der Waals surface area contributed by atoms with Crippen LogP contribution in [0.4, 0.5) is 11.4 Å². The van der Waals surface area contributed by atoms with E-state index in [2.05, 4.69) is 10.0 Å². The van der Waals surface area contributed by atoms with Crippen LogP contribution in [0.25, 0.3) is 5.70 Å². The molecule has 0 saturated carbocycles. The van der Waals surface area contributed by atoms with Gasteiger partial charge in [0.25, 0.3) is 0 Å². The SMILES string of the molecule is COc1cc(N)c(/C(=C\N)Nc2ccc(SNC(C)=O)cc2)cc1OC. The Labute approximate surface area is 156 Å². The normalized spacial score (nSPS) is 11.0. The van der Waals surface area contributed by atoms with Gasteiger partial charge in [-0.1, -0.05) is 0 Å². The van der Waals surface area contributed by atoms with Crippen molar-refractivity contribution in [3.05, 3.63) is 48.2 Å². The molecular formula is C18H22N4O3S. The van der Waals surface area contributed by atoms with Crippen LogP contribution in [0.5, 0.6) is 11.5 Å². The molecule has 6 N–H and O–H groups in total. The van der Waals surface area contributed by atoms with Crippen LogP contribution in [0.15, 0.2) is 47.5 Å². The first-order valence-corrected chi connectivity index (χ1v) is 8.54. The van der Waals surface area contributed by atoms with Crippen molar-refractivity contribution in [3.63, 3.8) is 0 Å². The Morgan fingerprint density at radius 2 is 1.73 bits per heavy atom. The number of nitrogens with one attached hydrogen (secondary N) is 2. The molecular weight excluding hydrogens is 352 g/mol. The molecule has 2 aromatic rings. The van der Waals surface area contributed by atoms with Crippen molar-refractivity contribution >= 4 is 34.9 Å². The van der Waals surface area contributed by atoms with Gasteiger partial charge < -0.3 is 26.3 Å². The van der Waals surface area contributed by atoms with Crippen molar-refractivity contribution in [2.75, 3.05) is 25.3 Å². The summed E-state index contributed by atoms with van der Waals surface area (Å²) >= 11 is 1.25. The van der Waals surface area contributed by atoms with Gasteiger partial charge in [0, 0.05) is 41.0 Å². The van der Waals surface area contributed by atoms with Crippen molar-refractivity contribution in [3.8, 4) is 11.5 Å². The summed E-state index contributed by atoms with van der Waals surface area (Å²) in [5.74, 6) is 0.999. The van der Waals surface area contributed by atoms with E-state index in [1.54, 1.807) is 26.4 Å². The fourth-order valence-corrected chi connectivity index (χ4v) is 2.75. The first kappa shape index (κ1) is 19.3. The zero-order valence-electron chi connectivity index (χ0n) is 14.8. The van der Waals surface area contributed by atoms with E-state index in [-0.39, 0.29) is 5.91 Å². The number of amides is 1. The number of nitrogen functional groups attached to an aromatic ring is 1. The molecule has 0 atom stereocenters. The zero-order chi connectivity index (χ0) is 19.1. The van der Waals surface area contributed by atoms with E-state index in [9.17, 15) is 4.79 Å². The number of rotatable bonds is 7. The highest BCUT2D eigenvalue weighted by molar-refractivity contribution is 7.98. The van der Waals surface area contributed by atoms with Crippen molar-refractivity contribution in [2.45, 2.75) is 11.8 Å². The van der Waals surface area contributed by atoms with E-state index < -0.39 is 0 Å². The smallest absolute Gasteiger partial charge is 0.226 e. The molecule has 1 amide bonds. The number of ether oxygens (including phenoxy) is 2. The lowest BCUT2D eigenvalue weighted by atomic mass is 10.1. The molecule has 7 nitrogen and oxygen atoms in total. The molecule has 0 aliphatic carbocycles. The van der Waals surface area contributed by atoms with Gasteiger partial charge in [-0.2, -0.15) is 0 Å². The molecule has 0 fully saturated rings. The van der Waals surface area contributed by atoms with Gasteiger partial charge in [-0.15, -0.1) is 0 Å². The van der Waals surface area contributed by atoms with E-state index in [0.717, 1.165) is 10.6 Å². The van der Waals surface area contributed by atoms with Crippen LogP contribution in [0, 0.1) is 0 Å². The molecule has 2 rings (SSSR count). The Balaban J connectivity index is 2.21. The molecule has 2 aromatic carbocycles. The van der Waals surface area contributed by atoms with E-state index in [4.69, 9.17) is 20.9 Å². The van der Waals surface area contributed by atoms with Crippen LogP contribution in [0.2, 0.25) is 0 Å². The standard InChI is InChI=1S/C18H22N4O3S/c1-11(23)22-26-13-6-4-12(5-7-13)21-16(10-19)14-8-17(24-2)18(25-3)9-15(14)20/h4-10,21H,19-20H2,1-3H3,(H,22,23)/b16-10+. The maximum atomic E-state index is 11.0. The highest BCUT2D eigenvalue weighted by Gasteiger charge is 2.13. The van der Waals surface area contributed by atoms with E-state index in [1.807, 2.05) is 24.3 Å². The average molecular weight is 374 g/mol. The van der Waals surface area contributed by atoms with E-state index in [1.165, 1.54) is 25.1 Å². The maximum absolute atomic E-state index is 11.0. The second-order valence-corrected chi connectivity index (χ2v) is 6.16. The minimum Gasteiger partial charge on any atom is -0.493 e. The minimum atomic E-state index is -0.102. The number of carbonyl (C=O) groups excluding carboxylic acids is 1. The number of hydrogen-bond donors (Lipinski definition) is 4. The van der Waals surface area contributed by atoms with Gasteiger partial charge in [0.15, 0.2) is 11.5 Å². The Morgan fingerprint density at radius 1 is 1.12 bits per heavy atom. The van der Waals surface area contributed by atoms with Gasteiger partial charge >= 0.3 is 0 Å². The fraction of sp³-hybridized carbons (Fsp3) is 0.167. The molecule has 0 radical (unpaired) electrons. The zero-order valence-corrected chi connectivity index (χ0v) is 15.6. The summed E-state index contributed by atoms with van der Waals surface area (Å²) < 4.78 is 13.2. The first-order valence-electron chi connectivity index (χ1n) is 7.72. The third-order valence-corrected chi connectivity index (χ3v) is 4.36. The molecule has 0 bridgehead atoms. The van der Waals surface area contributed by atoms with Gasteiger partial charge in [0.1, 0.15) is 0 Å². The van der Waals surface area contributed by atoms with Crippen molar-refractivity contribution in [1.29, 1.82) is 0 Å². The van der Waals surface area contributed by atoms with Crippen LogP contribution < -0.4 is 31.0 Å². The fourth-order valence-electron chi connectivity index (χ4n) is 2.22. The van der Waals surface area contributed by atoms with Crippen LogP contribution in [-0.2, 0) is 4.79 Å². The lowest BCUT2D eigenvalue weighted by Gasteiger charge is -2.16. The molecule has 0 aromatic heterocycles. The van der Waals surface area contributed by atoms with Crippen LogP contribution in [0.3, 0.4) is 0 Å². The third kappa shape index (κ3) is 4.76. The molecule has 0 spiro atoms. The Hall–Kier alpha value is -3.00. The number of nitrogens with two attached hydrogens (primary N) is 2. The second-order valence-electron chi connectivity index (χ2n) is 5.28. The molecule has 138 valence electrons. The number of methoxy groups -OCH3 is 2. The summed E-state index contributed by atoms with van der Waals surface area (Å²) in [5, 5.41) is 3.23. The second kappa shape index (κ2) is 8.91. The maximum Gasteiger partial charge on any atom is 0.226 e. The number of hydrogen-bond acceptors (Lipinski definition) is 7. The minimum absolute atomic E-state index is 0.102. The summed E-state index contributed by atoms with van der Waals surface area (Å²) in [6, 6.07) is 11.0. The highest BCUT2D eigenvalue weighted by atomic mass is 32.2. The van der Waals surface area contributed by atoms with Crippen LogP contribution in [0.1, 0.15) is 12.5 Å². The molecule has 0 unspecified atom stereocenters. The molecule has 0 aliphatic rings. The quantitative estimate of drug-likeness (QED) is 0.435. The average Bonchev–Trinajstić information content (AvgIpc) is 2.65. The van der Waals surface area contributed by atoms with Crippen molar-refractivity contribution < 1.29 is 14.3 Å². The van der Waals surface area contributed by atoms with E-state index in [0.29, 0.717) is 28.4 Å². The lowest BCUT2D eigenvalue weighted by Crippen LogP contribution is -2.09. The van der Waals surface area contributed by atoms with Gasteiger partial charge in [-0.3, -0.25) is 9.52 Å². The van der Waals surface area contributed by atoms with Crippen molar-refractivity contribution in [2.24, 2.45) is 5.73 Å². The van der Waals surface area contributed by atoms with Gasteiger partial charge in [0.2, 0.25) is 5.91 Å². The third-order valence-electron chi connectivity index (χ3n) is 3.46. The lowest BCUT2D eigenvalue weighted by molar-refractivity contribution is -0.117. The van der Waals surface area contributed by atoms with Gasteiger partial charge in [-0.05, 0) is 42.3 Å². The molecule has 0 saturated heterocycles. The summed E-state index contributed by atoms with van der Waals surface area (Å²) in [4.78, 5) is 11.9. The number of benzene rings is 2. The Kier molecular flexibility index (Phi) is 6.62. The Bertz CT molecular complexity index is 807.